The maximum Gasteiger partial charge on any atom is 0.416 e. The lowest BCUT2D eigenvalue weighted by atomic mass is 10.1. The van der Waals surface area contributed by atoms with Crippen molar-refractivity contribution in [2.45, 2.75) is 31.2 Å². The molecule has 0 aliphatic carbocycles. The summed E-state index contributed by atoms with van der Waals surface area (Å²) in [5, 5.41) is 1.88. The Balaban J connectivity index is 1.67. The van der Waals surface area contributed by atoms with Crippen LogP contribution in [-0.2, 0) is 26.2 Å². The van der Waals surface area contributed by atoms with Gasteiger partial charge < -0.3 is 9.73 Å². The van der Waals surface area contributed by atoms with Crippen LogP contribution in [0.25, 0.3) is 0 Å². The second-order valence-corrected chi connectivity index (χ2v) is 11.6. The van der Waals surface area contributed by atoms with E-state index in [1.807, 2.05) is 4.72 Å². The van der Waals surface area contributed by atoms with E-state index in [0.29, 0.717) is 5.56 Å². The minimum Gasteiger partial charge on any atom is -0.431 e. The molecule has 15 heteroatoms. The van der Waals surface area contributed by atoms with Crippen LogP contribution in [0.5, 0.6) is 0 Å². The number of oxazole rings is 1. The third-order valence-electron chi connectivity index (χ3n) is 5.11. The summed E-state index contributed by atoms with van der Waals surface area (Å²) in [6.07, 6.45) is -2.42. The number of hydrogen-bond donors (Lipinski definition) is 2. The van der Waals surface area contributed by atoms with Gasteiger partial charge in [-0.15, -0.1) is 0 Å². The number of rotatable bonds is 6. The summed E-state index contributed by atoms with van der Waals surface area (Å²) in [7, 11) is -7.56. The number of benzene rings is 1. The van der Waals surface area contributed by atoms with Crippen molar-refractivity contribution >= 4 is 37.7 Å². The van der Waals surface area contributed by atoms with Gasteiger partial charge in [-0.2, -0.15) is 30.9 Å². The lowest BCUT2D eigenvalue weighted by Crippen LogP contribution is -2.48. The van der Waals surface area contributed by atoms with Gasteiger partial charge in [0.15, 0.2) is 5.69 Å². The first-order valence-electron chi connectivity index (χ1n) is 9.58. The number of carbonyl (C=O) groups is 1. The van der Waals surface area contributed by atoms with Crippen molar-refractivity contribution in [2.75, 3.05) is 24.7 Å². The van der Waals surface area contributed by atoms with Gasteiger partial charge in [-0.25, -0.2) is 13.1 Å². The molecule has 1 fully saturated rings. The normalized spacial score (nSPS) is 16.5. The van der Waals surface area contributed by atoms with Crippen molar-refractivity contribution < 1.29 is 39.2 Å². The lowest BCUT2D eigenvalue weighted by Gasteiger charge is -2.29. The monoisotopic (exact) mass is 510 g/mol. The summed E-state index contributed by atoms with van der Waals surface area (Å²) in [6.45, 7) is 1.39. The van der Waals surface area contributed by atoms with E-state index < -0.39 is 48.6 Å². The van der Waals surface area contributed by atoms with Gasteiger partial charge in [0.1, 0.15) is 16.1 Å². The third kappa shape index (κ3) is 6.03. The molecule has 1 aliphatic heterocycles. The SMILES string of the molecule is Cc1ccc(C(F)(F)F)cc1Nc1nc(C(=O)NS(=O)(=O)N2CCC(S(C)(=O)=O)CC2)co1. The molecule has 2 N–H and O–H groups in total. The van der Waals surface area contributed by atoms with Gasteiger partial charge in [-0.05, 0) is 37.5 Å². The fourth-order valence-electron chi connectivity index (χ4n) is 3.22. The molecule has 0 radical (unpaired) electrons. The van der Waals surface area contributed by atoms with Crippen molar-refractivity contribution in [3.05, 3.63) is 41.3 Å². The van der Waals surface area contributed by atoms with Crippen LogP contribution in [0.2, 0.25) is 0 Å². The van der Waals surface area contributed by atoms with E-state index in [2.05, 4.69) is 10.3 Å². The van der Waals surface area contributed by atoms with Crippen molar-refractivity contribution in [1.82, 2.24) is 14.0 Å². The molecule has 0 bridgehead atoms. The first-order valence-corrected chi connectivity index (χ1v) is 13.0. The molecule has 33 heavy (non-hydrogen) atoms. The van der Waals surface area contributed by atoms with E-state index in [1.54, 1.807) is 6.92 Å². The second kappa shape index (κ2) is 8.95. The van der Waals surface area contributed by atoms with Gasteiger partial charge in [-0.3, -0.25) is 4.79 Å². The van der Waals surface area contributed by atoms with Gasteiger partial charge in [0.25, 0.3) is 11.9 Å². The van der Waals surface area contributed by atoms with E-state index in [1.165, 1.54) is 6.07 Å². The minimum atomic E-state index is -4.56. The molecule has 1 amide bonds. The highest BCUT2D eigenvalue weighted by Crippen LogP contribution is 2.33. The number of sulfone groups is 1. The smallest absolute Gasteiger partial charge is 0.416 e. The van der Waals surface area contributed by atoms with Crippen LogP contribution in [0.15, 0.2) is 28.9 Å². The molecular formula is C18H21F3N4O6S2. The zero-order chi connectivity index (χ0) is 24.6. The molecule has 10 nitrogen and oxygen atoms in total. The Bertz CT molecular complexity index is 1250. The molecule has 2 aromatic rings. The molecule has 1 aromatic carbocycles. The first kappa shape index (κ1) is 25.0. The third-order valence-corrected chi connectivity index (χ3v) is 8.28. The van der Waals surface area contributed by atoms with E-state index in [0.717, 1.165) is 29.0 Å². The van der Waals surface area contributed by atoms with Crippen molar-refractivity contribution in [3.8, 4) is 0 Å². The molecule has 0 atom stereocenters. The van der Waals surface area contributed by atoms with Crippen LogP contribution in [0.3, 0.4) is 0 Å². The van der Waals surface area contributed by atoms with E-state index in [4.69, 9.17) is 4.42 Å². The molecule has 1 aliphatic rings. The quantitative estimate of drug-likeness (QED) is 0.603. The van der Waals surface area contributed by atoms with Crippen molar-refractivity contribution in [3.63, 3.8) is 0 Å². The Morgan fingerprint density at radius 3 is 2.39 bits per heavy atom. The zero-order valence-electron chi connectivity index (χ0n) is 17.5. The minimum absolute atomic E-state index is 0.0417. The number of carbonyl (C=O) groups excluding carboxylic acids is 1. The second-order valence-electron chi connectivity index (χ2n) is 7.55. The standard InChI is InChI=1S/C18H21F3N4O6S2/c1-11-3-4-12(18(19,20)21)9-14(11)22-17-23-15(10-31-17)16(26)24-33(29,30)25-7-5-13(6-8-25)32(2,27)28/h3-4,9-10,13H,5-8H2,1-2H3,(H,22,23)(H,24,26). The Morgan fingerprint density at radius 2 is 1.82 bits per heavy atom. The Hall–Kier alpha value is -2.65. The molecule has 2 heterocycles. The molecule has 182 valence electrons. The average Bonchev–Trinajstić information content (AvgIpc) is 3.17. The van der Waals surface area contributed by atoms with E-state index >= 15 is 0 Å². The number of aromatic nitrogens is 1. The summed E-state index contributed by atoms with van der Waals surface area (Å²) in [5.41, 5.74) is -0.824. The maximum atomic E-state index is 12.9. The largest absolute Gasteiger partial charge is 0.431 e. The van der Waals surface area contributed by atoms with Crippen LogP contribution in [0, 0.1) is 6.92 Å². The number of halogens is 3. The number of piperidine rings is 1. The predicted molar refractivity (Wildman–Crippen MR) is 112 cm³/mol. The molecular weight excluding hydrogens is 489 g/mol. The van der Waals surface area contributed by atoms with E-state index in [9.17, 15) is 34.8 Å². The zero-order valence-corrected chi connectivity index (χ0v) is 19.1. The number of aryl methyl sites for hydroxylation is 1. The van der Waals surface area contributed by atoms with Crippen LogP contribution >= 0.6 is 0 Å². The fourth-order valence-corrected chi connectivity index (χ4v) is 5.44. The van der Waals surface area contributed by atoms with Gasteiger partial charge in [0, 0.05) is 25.0 Å². The van der Waals surface area contributed by atoms with Crippen molar-refractivity contribution in [1.29, 1.82) is 0 Å². The number of hydrogen-bond acceptors (Lipinski definition) is 8. The Kier molecular flexibility index (Phi) is 6.77. The van der Waals surface area contributed by atoms with E-state index in [-0.39, 0.29) is 37.6 Å². The van der Waals surface area contributed by atoms with Crippen molar-refractivity contribution in [2.24, 2.45) is 0 Å². The number of alkyl halides is 3. The average molecular weight is 511 g/mol. The first-order chi connectivity index (χ1) is 15.2. The molecule has 1 aromatic heterocycles. The highest BCUT2D eigenvalue weighted by Gasteiger charge is 2.34. The van der Waals surface area contributed by atoms with Crippen LogP contribution in [0.1, 0.15) is 34.5 Å². The highest BCUT2D eigenvalue weighted by molar-refractivity contribution is 7.91. The predicted octanol–water partition coefficient (Wildman–Crippen LogP) is 2.23. The molecule has 0 spiro atoms. The molecule has 0 saturated carbocycles. The topological polar surface area (TPSA) is 139 Å². The fraction of sp³-hybridized carbons (Fsp3) is 0.444. The number of nitrogens with one attached hydrogen (secondary N) is 2. The molecule has 3 rings (SSSR count). The van der Waals surface area contributed by atoms with Gasteiger partial charge in [0.2, 0.25) is 0 Å². The summed E-state index contributed by atoms with van der Waals surface area (Å²) in [5.74, 6) is -1.11. The summed E-state index contributed by atoms with van der Waals surface area (Å²) < 4.78 is 94.8. The van der Waals surface area contributed by atoms with Crippen LogP contribution in [-0.4, -0.2) is 56.6 Å². The highest BCUT2D eigenvalue weighted by atomic mass is 32.2. The number of nitrogens with zero attached hydrogens (tertiary/aromatic N) is 2. The van der Waals surface area contributed by atoms with Crippen LogP contribution < -0.4 is 10.0 Å². The Morgan fingerprint density at radius 1 is 1.18 bits per heavy atom. The van der Waals surface area contributed by atoms with Gasteiger partial charge in [-0.1, -0.05) is 6.07 Å². The summed E-state index contributed by atoms with van der Waals surface area (Å²) >= 11 is 0. The van der Waals surface area contributed by atoms with Gasteiger partial charge in [0.05, 0.1) is 10.8 Å². The van der Waals surface area contributed by atoms with Gasteiger partial charge >= 0.3 is 16.4 Å². The number of anilines is 2. The van der Waals surface area contributed by atoms with Crippen LogP contribution in [0.4, 0.5) is 24.9 Å². The number of amides is 1. The summed E-state index contributed by atoms with van der Waals surface area (Å²) in [6, 6.07) is 2.71. The summed E-state index contributed by atoms with van der Waals surface area (Å²) in [4.78, 5) is 16.1. The molecule has 1 saturated heterocycles. The lowest BCUT2D eigenvalue weighted by molar-refractivity contribution is -0.137. The maximum absolute atomic E-state index is 12.9. The Labute approximate surface area is 188 Å². The molecule has 0 unspecified atom stereocenters.